The summed E-state index contributed by atoms with van der Waals surface area (Å²) in [7, 11) is 1.30. The molecule has 0 saturated heterocycles. The van der Waals surface area contributed by atoms with Crippen molar-refractivity contribution in [1.29, 1.82) is 0 Å². The molecule has 0 aliphatic rings. The van der Waals surface area contributed by atoms with E-state index in [0.29, 0.717) is 11.1 Å². The third kappa shape index (κ3) is 5.61. The van der Waals surface area contributed by atoms with E-state index in [2.05, 4.69) is 9.89 Å². The molecule has 9 heteroatoms. The van der Waals surface area contributed by atoms with Gasteiger partial charge in [-0.1, -0.05) is 17.3 Å². The number of ether oxygens (including phenoxy) is 2. The maximum absolute atomic E-state index is 12.5. The Kier molecular flexibility index (Phi) is 6.37. The van der Waals surface area contributed by atoms with E-state index in [4.69, 9.17) is 9.57 Å². The van der Waals surface area contributed by atoms with Crippen LogP contribution in [0.4, 0.5) is 22.0 Å². The van der Waals surface area contributed by atoms with Crippen LogP contribution in [-0.4, -0.2) is 19.9 Å². The number of hydrogen-bond acceptors (Lipinski definition) is 4. The maximum atomic E-state index is 12.5. The van der Waals surface area contributed by atoms with Crippen molar-refractivity contribution in [2.24, 2.45) is 5.16 Å². The van der Waals surface area contributed by atoms with Crippen LogP contribution in [0.5, 0.6) is 11.5 Å². The summed E-state index contributed by atoms with van der Waals surface area (Å²) in [6, 6.07) is 8.66. The van der Waals surface area contributed by atoms with Crippen LogP contribution in [0.1, 0.15) is 16.7 Å². The van der Waals surface area contributed by atoms with Gasteiger partial charge < -0.3 is 14.3 Å². The molecule has 0 amide bonds. The highest BCUT2D eigenvalue weighted by Crippen LogP contribution is 2.30. The van der Waals surface area contributed by atoms with E-state index < -0.39 is 18.4 Å². The topological polar surface area (TPSA) is 40.0 Å². The van der Waals surface area contributed by atoms with Gasteiger partial charge in [-0.15, -0.1) is 0 Å². The van der Waals surface area contributed by atoms with Crippen LogP contribution in [0, 0.1) is 0 Å². The summed E-state index contributed by atoms with van der Waals surface area (Å²) in [4.78, 5) is 5.01. The summed E-state index contributed by atoms with van der Waals surface area (Å²) in [6.45, 7) is -3.01. The van der Waals surface area contributed by atoms with Gasteiger partial charge in [0.25, 0.3) is 0 Å². The van der Waals surface area contributed by atoms with Crippen molar-refractivity contribution in [3.05, 3.63) is 59.2 Å². The standard InChI is InChI=1S/C17H14F5NO3/c1-24-15-8-12(4-7-14(15)26-16(18)19)9-23-25-10-11-2-5-13(6-3-11)17(20,21)22/h2-9,16H,10H2,1H3. The fourth-order valence-corrected chi connectivity index (χ4v) is 1.96. The van der Waals surface area contributed by atoms with Gasteiger partial charge in [-0.2, -0.15) is 22.0 Å². The number of rotatable bonds is 7. The molecule has 0 saturated carbocycles. The SMILES string of the molecule is COc1cc(C=NOCc2ccc(C(F)(F)F)cc2)ccc1OC(F)F. The lowest BCUT2D eigenvalue weighted by molar-refractivity contribution is -0.137. The molecule has 0 fully saturated rings. The number of hydrogen-bond donors (Lipinski definition) is 0. The van der Waals surface area contributed by atoms with Gasteiger partial charge in [0.15, 0.2) is 11.5 Å². The van der Waals surface area contributed by atoms with Crippen molar-refractivity contribution in [2.75, 3.05) is 7.11 Å². The minimum atomic E-state index is -4.39. The Hall–Kier alpha value is -2.84. The van der Waals surface area contributed by atoms with Crippen LogP contribution < -0.4 is 9.47 Å². The molecule has 0 aliphatic carbocycles. The fraction of sp³-hybridized carbons (Fsp3) is 0.235. The summed E-state index contributed by atoms with van der Waals surface area (Å²) in [5, 5.41) is 3.68. The Morgan fingerprint density at radius 3 is 2.31 bits per heavy atom. The van der Waals surface area contributed by atoms with Crippen molar-refractivity contribution < 1.29 is 36.3 Å². The van der Waals surface area contributed by atoms with Crippen molar-refractivity contribution in [3.8, 4) is 11.5 Å². The molecule has 0 unspecified atom stereocenters. The van der Waals surface area contributed by atoms with Crippen molar-refractivity contribution in [3.63, 3.8) is 0 Å². The zero-order valence-electron chi connectivity index (χ0n) is 13.5. The fourth-order valence-electron chi connectivity index (χ4n) is 1.96. The second-order valence-electron chi connectivity index (χ2n) is 4.99. The van der Waals surface area contributed by atoms with Gasteiger partial charge in [-0.05, 0) is 35.9 Å². The molecule has 0 atom stereocenters. The molecule has 0 spiro atoms. The lowest BCUT2D eigenvalue weighted by Crippen LogP contribution is -2.04. The highest BCUT2D eigenvalue weighted by Gasteiger charge is 2.29. The molecule has 26 heavy (non-hydrogen) atoms. The Balaban J connectivity index is 1.94. The minimum absolute atomic E-state index is 0.0294. The number of oxime groups is 1. The van der Waals surface area contributed by atoms with Gasteiger partial charge in [0.2, 0.25) is 0 Å². The van der Waals surface area contributed by atoms with Crippen LogP contribution >= 0.6 is 0 Å². The second kappa shape index (κ2) is 8.50. The van der Waals surface area contributed by atoms with Gasteiger partial charge in [-0.25, -0.2) is 0 Å². The lowest BCUT2D eigenvalue weighted by atomic mass is 10.1. The predicted octanol–water partition coefficient (Wildman–Crippen LogP) is 4.87. The Labute approximate surface area is 145 Å². The summed E-state index contributed by atoms with van der Waals surface area (Å²) in [5.41, 5.74) is 0.257. The molecule has 0 aromatic heterocycles. The van der Waals surface area contributed by atoms with Crippen LogP contribution in [0.3, 0.4) is 0 Å². The first-order chi connectivity index (χ1) is 12.3. The summed E-state index contributed by atoms with van der Waals surface area (Å²) in [5.74, 6) is -0.0256. The summed E-state index contributed by atoms with van der Waals surface area (Å²) in [6.07, 6.45) is -3.09. The lowest BCUT2D eigenvalue weighted by Gasteiger charge is -2.10. The summed E-state index contributed by atoms with van der Waals surface area (Å²) >= 11 is 0. The molecule has 0 bridgehead atoms. The first kappa shape index (κ1) is 19.5. The normalized spacial score (nSPS) is 11.8. The van der Waals surface area contributed by atoms with Crippen molar-refractivity contribution >= 4 is 6.21 Å². The molecule has 2 aromatic rings. The Morgan fingerprint density at radius 1 is 1.04 bits per heavy atom. The number of methoxy groups -OCH3 is 1. The first-order valence-corrected chi connectivity index (χ1v) is 7.24. The van der Waals surface area contributed by atoms with E-state index in [1.807, 2.05) is 0 Å². The highest BCUT2D eigenvalue weighted by molar-refractivity contribution is 5.80. The van der Waals surface area contributed by atoms with Gasteiger partial charge in [-0.3, -0.25) is 0 Å². The molecule has 0 aliphatic heterocycles. The Bertz CT molecular complexity index is 745. The highest BCUT2D eigenvalue weighted by atomic mass is 19.4. The molecule has 2 aromatic carbocycles. The zero-order chi connectivity index (χ0) is 19.2. The zero-order valence-corrected chi connectivity index (χ0v) is 13.5. The van der Waals surface area contributed by atoms with E-state index in [-0.39, 0.29) is 18.1 Å². The van der Waals surface area contributed by atoms with Crippen LogP contribution in [0.25, 0.3) is 0 Å². The van der Waals surface area contributed by atoms with E-state index >= 15 is 0 Å². The molecule has 140 valence electrons. The number of halogens is 5. The summed E-state index contributed by atoms with van der Waals surface area (Å²) < 4.78 is 71.1. The molecular formula is C17H14F5NO3. The van der Waals surface area contributed by atoms with Crippen LogP contribution in [0.2, 0.25) is 0 Å². The average Bonchev–Trinajstić information content (AvgIpc) is 2.59. The Morgan fingerprint density at radius 2 is 1.73 bits per heavy atom. The third-order valence-electron chi connectivity index (χ3n) is 3.19. The molecule has 4 nitrogen and oxygen atoms in total. The largest absolute Gasteiger partial charge is 0.493 e. The quantitative estimate of drug-likeness (QED) is 0.394. The minimum Gasteiger partial charge on any atom is -0.493 e. The molecule has 2 rings (SSSR count). The van der Waals surface area contributed by atoms with Gasteiger partial charge in [0.1, 0.15) is 6.61 Å². The smallest absolute Gasteiger partial charge is 0.416 e. The first-order valence-electron chi connectivity index (χ1n) is 7.24. The van der Waals surface area contributed by atoms with Crippen molar-refractivity contribution in [1.82, 2.24) is 0 Å². The van der Waals surface area contributed by atoms with Crippen molar-refractivity contribution in [2.45, 2.75) is 19.4 Å². The number of benzene rings is 2. The van der Waals surface area contributed by atoms with E-state index in [1.54, 1.807) is 0 Å². The van der Waals surface area contributed by atoms with E-state index in [0.717, 1.165) is 12.1 Å². The second-order valence-corrected chi connectivity index (χ2v) is 4.99. The van der Waals surface area contributed by atoms with Gasteiger partial charge >= 0.3 is 12.8 Å². The van der Waals surface area contributed by atoms with E-state index in [1.165, 1.54) is 43.7 Å². The molecule has 0 radical (unpaired) electrons. The van der Waals surface area contributed by atoms with E-state index in [9.17, 15) is 22.0 Å². The predicted molar refractivity (Wildman–Crippen MR) is 83.5 cm³/mol. The molecule has 0 N–H and O–H groups in total. The maximum Gasteiger partial charge on any atom is 0.416 e. The van der Waals surface area contributed by atoms with Crippen LogP contribution in [-0.2, 0) is 17.6 Å². The van der Waals surface area contributed by atoms with Crippen LogP contribution in [0.15, 0.2) is 47.6 Å². The molecular weight excluding hydrogens is 361 g/mol. The average molecular weight is 375 g/mol. The number of alkyl halides is 5. The number of nitrogens with zero attached hydrogens (tertiary/aromatic N) is 1. The third-order valence-corrected chi connectivity index (χ3v) is 3.19. The molecule has 0 heterocycles. The van der Waals surface area contributed by atoms with Gasteiger partial charge in [0.05, 0.1) is 18.9 Å². The monoisotopic (exact) mass is 375 g/mol. The van der Waals surface area contributed by atoms with Gasteiger partial charge in [0, 0.05) is 5.56 Å².